The lowest BCUT2D eigenvalue weighted by atomic mass is 9.84. The van der Waals surface area contributed by atoms with E-state index in [2.05, 4.69) is 0 Å². The quantitative estimate of drug-likeness (QED) is 0.708. The van der Waals surface area contributed by atoms with Gasteiger partial charge in [0.2, 0.25) is 0 Å². The topological polar surface area (TPSA) is 108 Å². The van der Waals surface area contributed by atoms with Gasteiger partial charge in [0.25, 0.3) is 0 Å². The minimum absolute atomic E-state index is 0.0999. The lowest BCUT2D eigenvalue weighted by Crippen LogP contribution is -2.53. The molecule has 5 unspecified atom stereocenters. The fourth-order valence-corrected chi connectivity index (χ4v) is 2.31. The SMILES string of the molecule is CC(=O)OCC1OC(OCC(=O)O)C(C)C(C)C1OC(C)=O. The van der Waals surface area contributed by atoms with E-state index in [1.165, 1.54) is 13.8 Å². The van der Waals surface area contributed by atoms with E-state index in [0.717, 1.165) is 0 Å². The molecule has 126 valence electrons. The molecule has 1 aliphatic rings. The second kappa shape index (κ2) is 8.09. The molecule has 0 amide bonds. The smallest absolute Gasteiger partial charge is 0.329 e. The molecule has 8 nitrogen and oxygen atoms in total. The molecule has 1 heterocycles. The third kappa shape index (κ3) is 5.27. The highest BCUT2D eigenvalue weighted by atomic mass is 16.7. The first kappa shape index (κ1) is 18.4. The fourth-order valence-electron chi connectivity index (χ4n) is 2.31. The Balaban J connectivity index is 2.81. The number of aliphatic carboxylic acids is 1. The van der Waals surface area contributed by atoms with Gasteiger partial charge < -0.3 is 24.1 Å². The maximum absolute atomic E-state index is 11.2. The van der Waals surface area contributed by atoms with Crippen molar-refractivity contribution < 1.29 is 38.4 Å². The molecule has 0 saturated carbocycles. The van der Waals surface area contributed by atoms with Crippen LogP contribution in [0.3, 0.4) is 0 Å². The van der Waals surface area contributed by atoms with Crippen molar-refractivity contribution in [1.29, 1.82) is 0 Å². The molecule has 5 atom stereocenters. The average molecular weight is 318 g/mol. The Bertz CT molecular complexity index is 419. The molecule has 22 heavy (non-hydrogen) atoms. The first-order chi connectivity index (χ1) is 10.2. The molecule has 8 heteroatoms. The molecular weight excluding hydrogens is 296 g/mol. The second-order valence-electron chi connectivity index (χ2n) is 5.34. The molecule has 1 rings (SSSR count). The standard InChI is InChI=1S/C14H22O8/c1-7-8(2)14(20-6-12(17)18)22-11(5-19-9(3)15)13(7)21-10(4)16/h7-8,11,13-14H,5-6H2,1-4H3,(H,17,18). The van der Waals surface area contributed by atoms with Crippen LogP contribution in [0.15, 0.2) is 0 Å². The van der Waals surface area contributed by atoms with Crippen molar-refractivity contribution in [1.82, 2.24) is 0 Å². The highest BCUT2D eigenvalue weighted by molar-refractivity contribution is 5.68. The predicted octanol–water partition coefficient (Wildman–Crippen LogP) is 0.579. The largest absolute Gasteiger partial charge is 0.480 e. The summed E-state index contributed by atoms with van der Waals surface area (Å²) in [5, 5.41) is 8.69. The molecule has 0 radical (unpaired) electrons. The fraction of sp³-hybridized carbons (Fsp3) is 0.786. The molecular formula is C14H22O8. The Morgan fingerprint density at radius 3 is 2.23 bits per heavy atom. The average Bonchev–Trinajstić information content (AvgIpc) is 2.41. The second-order valence-corrected chi connectivity index (χ2v) is 5.34. The number of esters is 2. The third-order valence-corrected chi connectivity index (χ3v) is 3.58. The van der Waals surface area contributed by atoms with Gasteiger partial charge in [-0.15, -0.1) is 0 Å². The van der Waals surface area contributed by atoms with Gasteiger partial charge in [0.15, 0.2) is 6.29 Å². The molecule has 1 aliphatic heterocycles. The zero-order valence-electron chi connectivity index (χ0n) is 13.1. The normalized spacial score (nSPS) is 31.4. The van der Waals surface area contributed by atoms with Crippen molar-refractivity contribution in [2.45, 2.75) is 46.2 Å². The van der Waals surface area contributed by atoms with Gasteiger partial charge in [-0.25, -0.2) is 4.79 Å². The molecule has 1 saturated heterocycles. The van der Waals surface area contributed by atoms with Crippen LogP contribution in [0.25, 0.3) is 0 Å². The Labute approximate surface area is 128 Å². The van der Waals surface area contributed by atoms with Gasteiger partial charge in [0, 0.05) is 25.7 Å². The van der Waals surface area contributed by atoms with Gasteiger partial charge >= 0.3 is 17.9 Å². The maximum Gasteiger partial charge on any atom is 0.329 e. The summed E-state index contributed by atoms with van der Waals surface area (Å²) < 4.78 is 21.0. The number of carbonyl (C=O) groups excluding carboxylic acids is 2. The Hall–Kier alpha value is -1.67. The van der Waals surface area contributed by atoms with Crippen LogP contribution in [0.4, 0.5) is 0 Å². The number of carboxylic acid groups (broad SMARTS) is 1. The summed E-state index contributed by atoms with van der Waals surface area (Å²) in [6.07, 6.45) is -2.09. The highest BCUT2D eigenvalue weighted by Crippen LogP contribution is 2.33. The van der Waals surface area contributed by atoms with Crippen molar-refractivity contribution in [3.05, 3.63) is 0 Å². The number of carboxylic acids is 1. The lowest BCUT2D eigenvalue weighted by molar-refractivity contribution is -0.272. The Morgan fingerprint density at radius 2 is 1.73 bits per heavy atom. The maximum atomic E-state index is 11.2. The Kier molecular flexibility index (Phi) is 6.76. The van der Waals surface area contributed by atoms with Gasteiger partial charge in [-0.1, -0.05) is 13.8 Å². The lowest BCUT2D eigenvalue weighted by Gasteiger charge is -2.43. The zero-order chi connectivity index (χ0) is 16.9. The predicted molar refractivity (Wildman–Crippen MR) is 72.8 cm³/mol. The number of carbonyl (C=O) groups is 3. The summed E-state index contributed by atoms with van der Waals surface area (Å²) >= 11 is 0. The van der Waals surface area contributed by atoms with Crippen LogP contribution in [0.1, 0.15) is 27.7 Å². The molecule has 0 aromatic carbocycles. The van der Waals surface area contributed by atoms with Crippen molar-refractivity contribution in [3.8, 4) is 0 Å². The molecule has 0 aromatic heterocycles. The molecule has 0 aliphatic carbocycles. The van der Waals surface area contributed by atoms with E-state index in [1.807, 2.05) is 13.8 Å². The molecule has 1 fully saturated rings. The number of rotatable bonds is 6. The van der Waals surface area contributed by atoms with E-state index in [9.17, 15) is 14.4 Å². The van der Waals surface area contributed by atoms with Crippen molar-refractivity contribution in [2.75, 3.05) is 13.2 Å². The molecule has 1 N–H and O–H groups in total. The van der Waals surface area contributed by atoms with E-state index >= 15 is 0 Å². The van der Waals surface area contributed by atoms with Crippen molar-refractivity contribution in [2.24, 2.45) is 11.8 Å². The first-order valence-electron chi connectivity index (χ1n) is 7.01. The van der Waals surface area contributed by atoms with Crippen molar-refractivity contribution in [3.63, 3.8) is 0 Å². The van der Waals surface area contributed by atoms with Crippen LogP contribution in [0.2, 0.25) is 0 Å². The van der Waals surface area contributed by atoms with E-state index in [4.69, 9.17) is 24.1 Å². The number of ether oxygens (including phenoxy) is 4. The van der Waals surface area contributed by atoms with Crippen LogP contribution < -0.4 is 0 Å². The summed E-state index contributed by atoms with van der Waals surface area (Å²) in [6.45, 7) is 5.60. The zero-order valence-corrected chi connectivity index (χ0v) is 13.1. The summed E-state index contributed by atoms with van der Waals surface area (Å²) in [4.78, 5) is 32.8. The molecule has 0 bridgehead atoms. The summed E-state index contributed by atoms with van der Waals surface area (Å²) in [7, 11) is 0. The van der Waals surface area contributed by atoms with Gasteiger partial charge in [-0.3, -0.25) is 9.59 Å². The van der Waals surface area contributed by atoms with Crippen LogP contribution in [0.5, 0.6) is 0 Å². The first-order valence-corrected chi connectivity index (χ1v) is 7.01. The van der Waals surface area contributed by atoms with Crippen LogP contribution in [-0.4, -0.2) is 54.7 Å². The van der Waals surface area contributed by atoms with Crippen LogP contribution in [0, 0.1) is 11.8 Å². The monoisotopic (exact) mass is 318 g/mol. The van der Waals surface area contributed by atoms with E-state index < -0.39 is 43.0 Å². The van der Waals surface area contributed by atoms with Crippen LogP contribution >= 0.6 is 0 Å². The molecule has 0 aromatic rings. The van der Waals surface area contributed by atoms with E-state index in [0.29, 0.717) is 0 Å². The van der Waals surface area contributed by atoms with Crippen LogP contribution in [-0.2, 0) is 33.3 Å². The van der Waals surface area contributed by atoms with E-state index in [1.54, 1.807) is 0 Å². The van der Waals surface area contributed by atoms with Gasteiger partial charge in [-0.05, 0) is 0 Å². The van der Waals surface area contributed by atoms with Gasteiger partial charge in [-0.2, -0.15) is 0 Å². The van der Waals surface area contributed by atoms with E-state index in [-0.39, 0.29) is 18.4 Å². The molecule has 0 spiro atoms. The highest BCUT2D eigenvalue weighted by Gasteiger charge is 2.44. The van der Waals surface area contributed by atoms with Gasteiger partial charge in [0.05, 0.1) is 0 Å². The number of hydrogen-bond donors (Lipinski definition) is 1. The minimum atomic E-state index is -1.11. The summed E-state index contributed by atoms with van der Waals surface area (Å²) in [5.41, 5.74) is 0. The minimum Gasteiger partial charge on any atom is -0.480 e. The Morgan fingerprint density at radius 1 is 1.09 bits per heavy atom. The van der Waals surface area contributed by atoms with Crippen molar-refractivity contribution >= 4 is 17.9 Å². The summed E-state index contributed by atoms with van der Waals surface area (Å²) in [6, 6.07) is 0. The number of hydrogen-bond acceptors (Lipinski definition) is 7. The van der Waals surface area contributed by atoms with Gasteiger partial charge in [0.1, 0.15) is 25.4 Å². The summed E-state index contributed by atoms with van der Waals surface area (Å²) in [5.74, 6) is -2.42. The third-order valence-electron chi connectivity index (χ3n) is 3.58.